The van der Waals surface area contributed by atoms with Gasteiger partial charge < -0.3 is 14.8 Å². The Morgan fingerprint density at radius 3 is 2.22 bits per heavy atom. The zero-order valence-electron chi connectivity index (χ0n) is 11.3. The highest BCUT2D eigenvalue weighted by Gasteiger charge is 2.25. The summed E-state index contributed by atoms with van der Waals surface area (Å²) in [6, 6.07) is 6.41. The van der Waals surface area contributed by atoms with Crippen molar-refractivity contribution in [1.29, 1.82) is 0 Å². The van der Waals surface area contributed by atoms with Gasteiger partial charge in [-0.2, -0.15) is 0 Å². The minimum absolute atomic E-state index is 0.243. The van der Waals surface area contributed by atoms with E-state index in [1.54, 1.807) is 12.1 Å². The van der Waals surface area contributed by atoms with E-state index in [1.165, 1.54) is 6.07 Å². The lowest BCUT2D eigenvalue weighted by Crippen LogP contribution is -2.36. The predicted molar refractivity (Wildman–Crippen MR) is 69.9 cm³/mol. The van der Waals surface area contributed by atoms with Gasteiger partial charge in [0, 0.05) is 18.8 Å². The van der Waals surface area contributed by atoms with Crippen molar-refractivity contribution in [3.05, 3.63) is 35.6 Å². The maximum atomic E-state index is 13.9. The lowest BCUT2D eigenvalue weighted by molar-refractivity contribution is -0.155. The molecule has 0 amide bonds. The first-order chi connectivity index (χ1) is 8.74. The first-order valence-electron chi connectivity index (χ1n) is 6.45. The van der Waals surface area contributed by atoms with E-state index in [9.17, 15) is 4.39 Å². The van der Waals surface area contributed by atoms with E-state index < -0.39 is 6.29 Å². The number of hydrogen-bond acceptors (Lipinski definition) is 3. The lowest BCUT2D eigenvalue weighted by Gasteiger charge is -2.28. The second-order valence-electron chi connectivity index (χ2n) is 3.84. The van der Waals surface area contributed by atoms with Crippen LogP contribution >= 0.6 is 0 Å². The summed E-state index contributed by atoms with van der Waals surface area (Å²) in [5.41, 5.74) is 0.575. The summed E-state index contributed by atoms with van der Waals surface area (Å²) in [7, 11) is 0. The van der Waals surface area contributed by atoms with Gasteiger partial charge in [0.1, 0.15) is 5.82 Å². The van der Waals surface area contributed by atoms with E-state index in [0.717, 1.165) is 6.54 Å². The molecule has 18 heavy (non-hydrogen) atoms. The van der Waals surface area contributed by atoms with Crippen LogP contribution in [0.15, 0.2) is 24.3 Å². The van der Waals surface area contributed by atoms with Crippen molar-refractivity contribution in [2.24, 2.45) is 0 Å². The van der Waals surface area contributed by atoms with Crippen molar-refractivity contribution >= 4 is 0 Å². The summed E-state index contributed by atoms with van der Waals surface area (Å²) in [4.78, 5) is 0. The molecule has 1 atom stereocenters. The van der Waals surface area contributed by atoms with Gasteiger partial charge in [-0.15, -0.1) is 0 Å². The van der Waals surface area contributed by atoms with Crippen LogP contribution in [0.1, 0.15) is 32.4 Å². The highest BCUT2D eigenvalue weighted by molar-refractivity contribution is 5.21. The van der Waals surface area contributed by atoms with Gasteiger partial charge in [-0.1, -0.05) is 25.1 Å². The average molecular weight is 255 g/mol. The fraction of sp³-hybridized carbons (Fsp3) is 0.571. The molecule has 1 N–H and O–H groups in total. The molecule has 0 saturated carbocycles. The maximum absolute atomic E-state index is 13.9. The molecule has 0 aliphatic carbocycles. The topological polar surface area (TPSA) is 30.5 Å². The van der Waals surface area contributed by atoms with Gasteiger partial charge in [0.15, 0.2) is 6.29 Å². The molecule has 0 aliphatic heterocycles. The fourth-order valence-electron chi connectivity index (χ4n) is 1.87. The highest BCUT2D eigenvalue weighted by Crippen LogP contribution is 2.23. The number of hydrogen-bond donors (Lipinski definition) is 1. The Morgan fingerprint density at radius 1 is 1.11 bits per heavy atom. The Balaban J connectivity index is 2.95. The van der Waals surface area contributed by atoms with E-state index in [-0.39, 0.29) is 11.9 Å². The van der Waals surface area contributed by atoms with Crippen molar-refractivity contribution in [3.63, 3.8) is 0 Å². The van der Waals surface area contributed by atoms with Crippen molar-refractivity contribution < 1.29 is 13.9 Å². The summed E-state index contributed by atoms with van der Waals surface area (Å²) in [5.74, 6) is -0.243. The molecule has 0 saturated heterocycles. The third kappa shape index (κ3) is 4.05. The molecule has 0 bridgehead atoms. The van der Waals surface area contributed by atoms with Crippen LogP contribution in [0.25, 0.3) is 0 Å². The molecule has 0 aromatic heterocycles. The van der Waals surface area contributed by atoms with Crippen LogP contribution in [0.2, 0.25) is 0 Å². The van der Waals surface area contributed by atoms with Gasteiger partial charge in [-0.3, -0.25) is 0 Å². The largest absolute Gasteiger partial charge is 0.351 e. The number of rotatable bonds is 8. The maximum Gasteiger partial charge on any atom is 0.176 e. The van der Waals surface area contributed by atoms with Crippen LogP contribution in [-0.4, -0.2) is 26.0 Å². The smallest absolute Gasteiger partial charge is 0.176 e. The third-order valence-corrected chi connectivity index (χ3v) is 2.60. The molecule has 102 valence electrons. The Labute approximate surface area is 108 Å². The first kappa shape index (κ1) is 15.1. The van der Waals surface area contributed by atoms with E-state index in [1.807, 2.05) is 26.8 Å². The second-order valence-corrected chi connectivity index (χ2v) is 3.84. The Bertz CT molecular complexity index is 340. The van der Waals surface area contributed by atoms with Crippen molar-refractivity contribution in [1.82, 2.24) is 5.32 Å². The van der Waals surface area contributed by atoms with Gasteiger partial charge >= 0.3 is 0 Å². The standard InChI is InChI=1S/C14H22FNO2/c1-4-16-13(14(17-5-2)18-6-3)11-9-7-8-10-12(11)15/h7-10,13-14,16H,4-6H2,1-3H3. The lowest BCUT2D eigenvalue weighted by atomic mass is 10.1. The Hall–Kier alpha value is -0.970. The van der Waals surface area contributed by atoms with Gasteiger partial charge in [0.25, 0.3) is 0 Å². The highest BCUT2D eigenvalue weighted by atomic mass is 19.1. The second kappa shape index (κ2) is 8.19. The zero-order chi connectivity index (χ0) is 13.4. The van der Waals surface area contributed by atoms with Gasteiger partial charge in [-0.05, 0) is 26.5 Å². The monoisotopic (exact) mass is 255 g/mol. The molecule has 1 aromatic carbocycles. The van der Waals surface area contributed by atoms with Crippen LogP contribution in [0, 0.1) is 5.82 Å². The Kier molecular flexibility index (Phi) is 6.86. The zero-order valence-corrected chi connectivity index (χ0v) is 11.3. The van der Waals surface area contributed by atoms with Crippen molar-refractivity contribution in [3.8, 4) is 0 Å². The minimum Gasteiger partial charge on any atom is -0.351 e. The molecule has 3 nitrogen and oxygen atoms in total. The van der Waals surface area contributed by atoms with Crippen LogP contribution in [0.4, 0.5) is 4.39 Å². The summed E-state index contributed by atoms with van der Waals surface area (Å²) in [5, 5.41) is 3.22. The van der Waals surface area contributed by atoms with Crippen LogP contribution < -0.4 is 5.32 Å². The first-order valence-corrected chi connectivity index (χ1v) is 6.45. The minimum atomic E-state index is -0.475. The molecule has 0 fully saturated rings. The molecule has 4 heteroatoms. The number of likely N-dealkylation sites (N-methyl/N-ethyl adjacent to an activating group) is 1. The summed E-state index contributed by atoms with van der Waals surface area (Å²) in [6.07, 6.45) is -0.475. The molecule has 0 aliphatic rings. The van der Waals surface area contributed by atoms with E-state index in [2.05, 4.69) is 5.32 Å². The van der Waals surface area contributed by atoms with Gasteiger partial charge in [0.2, 0.25) is 0 Å². The molecule has 0 heterocycles. The van der Waals surface area contributed by atoms with Crippen LogP contribution in [-0.2, 0) is 9.47 Å². The number of nitrogens with one attached hydrogen (secondary N) is 1. The number of halogens is 1. The van der Waals surface area contributed by atoms with Crippen LogP contribution in [0.3, 0.4) is 0 Å². The third-order valence-electron chi connectivity index (χ3n) is 2.60. The SMILES string of the molecule is CCNC(c1ccccc1F)C(OCC)OCC. The molecular formula is C14H22FNO2. The van der Waals surface area contributed by atoms with Gasteiger partial charge in [-0.25, -0.2) is 4.39 Å². The summed E-state index contributed by atoms with van der Waals surface area (Å²) >= 11 is 0. The summed E-state index contributed by atoms with van der Waals surface area (Å²) < 4.78 is 25.0. The Morgan fingerprint density at radius 2 is 1.72 bits per heavy atom. The molecule has 1 aromatic rings. The summed E-state index contributed by atoms with van der Waals surface area (Å²) in [6.45, 7) is 7.55. The fourth-order valence-corrected chi connectivity index (χ4v) is 1.87. The van der Waals surface area contributed by atoms with E-state index in [4.69, 9.17) is 9.47 Å². The van der Waals surface area contributed by atoms with Crippen molar-refractivity contribution in [2.75, 3.05) is 19.8 Å². The van der Waals surface area contributed by atoms with E-state index >= 15 is 0 Å². The van der Waals surface area contributed by atoms with E-state index in [0.29, 0.717) is 18.8 Å². The molecule has 1 unspecified atom stereocenters. The number of benzene rings is 1. The quantitative estimate of drug-likeness (QED) is 0.725. The molecule has 0 spiro atoms. The number of ether oxygens (including phenoxy) is 2. The van der Waals surface area contributed by atoms with Crippen LogP contribution in [0.5, 0.6) is 0 Å². The molecular weight excluding hydrogens is 233 g/mol. The van der Waals surface area contributed by atoms with Crippen molar-refractivity contribution in [2.45, 2.75) is 33.1 Å². The predicted octanol–water partition coefficient (Wildman–Crippen LogP) is 2.88. The van der Waals surface area contributed by atoms with Gasteiger partial charge in [0.05, 0.1) is 6.04 Å². The average Bonchev–Trinajstić information content (AvgIpc) is 2.37. The molecule has 0 radical (unpaired) electrons. The molecule has 1 rings (SSSR count). The normalized spacial score (nSPS) is 12.9.